The molecule has 140 valence electrons. The van der Waals surface area contributed by atoms with Crippen LogP contribution in [0.1, 0.15) is 11.1 Å². The Morgan fingerprint density at radius 2 is 1.93 bits per heavy atom. The number of nitrogens with one attached hydrogen (secondary N) is 1. The number of amidine groups is 1. The molecule has 0 aliphatic carbocycles. The Bertz CT molecular complexity index is 999. The first kappa shape index (κ1) is 18.1. The Kier molecular flexibility index (Phi) is 5.27. The third kappa shape index (κ3) is 4.00. The average molecular weight is 392 g/mol. The predicted molar refractivity (Wildman–Crippen MR) is 109 cm³/mol. The number of aryl methyl sites for hydroxylation is 1. The lowest BCUT2D eigenvalue weighted by Crippen LogP contribution is -2.29. The average Bonchev–Trinajstić information content (AvgIpc) is 3.11. The first-order valence-corrected chi connectivity index (χ1v) is 9.46. The Morgan fingerprint density at radius 1 is 1.14 bits per heavy atom. The monoisotopic (exact) mass is 392 g/mol. The second-order valence-electron chi connectivity index (χ2n) is 5.97. The van der Waals surface area contributed by atoms with Crippen molar-refractivity contribution < 1.29 is 9.63 Å². The maximum atomic E-state index is 12.2. The molecule has 2 aliphatic heterocycles. The van der Waals surface area contributed by atoms with Gasteiger partial charge in [0.2, 0.25) is 5.17 Å². The molecule has 0 bridgehead atoms. The van der Waals surface area contributed by atoms with E-state index in [0.717, 1.165) is 16.8 Å². The van der Waals surface area contributed by atoms with Crippen LogP contribution in [-0.2, 0) is 9.63 Å². The van der Waals surface area contributed by atoms with Crippen molar-refractivity contribution in [1.29, 1.82) is 0 Å². The summed E-state index contributed by atoms with van der Waals surface area (Å²) >= 11 is 1.35. The lowest BCUT2D eigenvalue weighted by molar-refractivity contribution is -0.140. The SMILES string of the molecule is Cc1ccc(N2NOC(=O)C2=C2CSC(=N/N=C\c3ccccc3)N=N2)cc1. The first-order chi connectivity index (χ1) is 13.7. The molecule has 0 unspecified atom stereocenters. The molecule has 1 saturated heterocycles. The standard InChI is InChI=1S/C19H16N6O2S/c1-13-7-9-15(10-8-13)25-17(18(26)27-24-25)16-12-28-19(23-21-16)22-20-11-14-5-3-2-4-6-14/h2-11,24H,12H2,1H3/b17-16?,20-11-,22-19?. The molecular weight excluding hydrogens is 376 g/mol. The summed E-state index contributed by atoms with van der Waals surface area (Å²) in [5, 5.41) is 18.3. The van der Waals surface area contributed by atoms with Gasteiger partial charge in [0.15, 0.2) is 5.70 Å². The molecule has 1 N–H and O–H groups in total. The normalized spacial score (nSPS) is 21.0. The number of hydrogen-bond acceptors (Lipinski definition) is 8. The quantitative estimate of drug-likeness (QED) is 0.490. The van der Waals surface area contributed by atoms with E-state index in [4.69, 9.17) is 4.84 Å². The number of hydrogen-bond donors (Lipinski definition) is 1. The third-order valence-electron chi connectivity index (χ3n) is 3.96. The molecule has 0 spiro atoms. The fraction of sp³-hybridized carbons (Fsp3) is 0.105. The second kappa shape index (κ2) is 8.15. The molecule has 9 heteroatoms. The predicted octanol–water partition coefficient (Wildman–Crippen LogP) is 3.58. The van der Waals surface area contributed by atoms with Gasteiger partial charge >= 0.3 is 5.97 Å². The molecule has 2 aromatic rings. The highest BCUT2D eigenvalue weighted by atomic mass is 32.2. The molecule has 0 atom stereocenters. The number of thioether (sulfide) groups is 1. The molecule has 28 heavy (non-hydrogen) atoms. The van der Waals surface area contributed by atoms with E-state index in [1.54, 1.807) is 11.2 Å². The van der Waals surface area contributed by atoms with Gasteiger partial charge in [-0.2, -0.15) is 5.10 Å². The van der Waals surface area contributed by atoms with E-state index in [0.29, 0.717) is 22.3 Å². The zero-order valence-electron chi connectivity index (χ0n) is 14.9. The number of carbonyl (C=O) groups excluding carboxylic acids is 1. The van der Waals surface area contributed by atoms with Crippen molar-refractivity contribution in [2.75, 3.05) is 10.8 Å². The van der Waals surface area contributed by atoms with Crippen molar-refractivity contribution in [1.82, 2.24) is 5.59 Å². The smallest absolute Gasteiger partial charge is 0.345 e. The fourth-order valence-corrected chi connectivity index (χ4v) is 3.20. The highest BCUT2D eigenvalue weighted by Gasteiger charge is 2.33. The van der Waals surface area contributed by atoms with Crippen LogP contribution in [0.5, 0.6) is 0 Å². The van der Waals surface area contributed by atoms with E-state index in [9.17, 15) is 4.79 Å². The van der Waals surface area contributed by atoms with Gasteiger partial charge in [0.05, 0.1) is 11.9 Å². The van der Waals surface area contributed by atoms with Crippen LogP contribution in [0.15, 0.2) is 86.4 Å². The van der Waals surface area contributed by atoms with Gasteiger partial charge < -0.3 is 4.84 Å². The molecule has 2 aromatic carbocycles. The minimum absolute atomic E-state index is 0.312. The van der Waals surface area contributed by atoms with Crippen LogP contribution in [0.2, 0.25) is 0 Å². The van der Waals surface area contributed by atoms with E-state index in [1.807, 2.05) is 61.5 Å². The van der Waals surface area contributed by atoms with Crippen LogP contribution in [-0.4, -0.2) is 23.1 Å². The number of nitrogens with zero attached hydrogens (tertiary/aromatic N) is 5. The van der Waals surface area contributed by atoms with Gasteiger partial charge in [0.1, 0.15) is 5.70 Å². The summed E-state index contributed by atoms with van der Waals surface area (Å²) in [5.74, 6) is -0.0740. The summed E-state index contributed by atoms with van der Waals surface area (Å²) in [6, 6.07) is 17.3. The van der Waals surface area contributed by atoms with E-state index >= 15 is 0 Å². The largest absolute Gasteiger partial charge is 0.378 e. The fourth-order valence-electron chi connectivity index (χ4n) is 2.54. The summed E-state index contributed by atoms with van der Waals surface area (Å²) < 4.78 is 0. The molecule has 8 nitrogen and oxygen atoms in total. The maximum absolute atomic E-state index is 12.2. The van der Waals surface area contributed by atoms with Crippen LogP contribution in [0.25, 0.3) is 0 Å². The molecular formula is C19H16N6O2S. The Balaban J connectivity index is 1.54. The number of carbonyl (C=O) groups is 1. The Hall–Kier alpha value is -3.30. The number of benzene rings is 2. The second-order valence-corrected chi connectivity index (χ2v) is 6.92. The zero-order chi connectivity index (χ0) is 19.3. The number of anilines is 1. The van der Waals surface area contributed by atoms with Gasteiger partial charge in [-0.05, 0) is 24.6 Å². The lowest BCUT2D eigenvalue weighted by Gasteiger charge is -2.17. The van der Waals surface area contributed by atoms with Gasteiger partial charge in [-0.1, -0.05) is 65.4 Å². The number of azo groups is 1. The van der Waals surface area contributed by atoms with Gasteiger partial charge in [0.25, 0.3) is 0 Å². The zero-order valence-corrected chi connectivity index (χ0v) is 15.8. The molecule has 0 aromatic heterocycles. The van der Waals surface area contributed by atoms with Crippen LogP contribution in [0.3, 0.4) is 0 Å². The van der Waals surface area contributed by atoms with Crippen molar-refractivity contribution in [3.8, 4) is 0 Å². The summed E-state index contributed by atoms with van der Waals surface area (Å²) in [5.41, 5.74) is 6.27. The van der Waals surface area contributed by atoms with E-state index in [-0.39, 0.29) is 0 Å². The molecule has 0 saturated carbocycles. The van der Waals surface area contributed by atoms with Crippen molar-refractivity contribution in [3.05, 3.63) is 77.1 Å². The summed E-state index contributed by atoms with van der Waals surface area (Å²) in [6.45, 7) is 2.00. The van der Waals surface area contributed by atoms with Crippen LogP contribution < -0.4 is 10.6 Å². The van der Waals surface area contributed by atoms with Crippen molar-refractivity contribution >= 4 is 34.8 Å². The van der Waals surface area contributed by atoms with Crippen molar-refractivity contribution in [3.63, 3.8) is 0 Å². The van der Waals surface area contributed by atoms with Gasteiger partial charge in [-0.15, -0.1) is 15.3 Å². The highest BCUT2D eigenvalue weighted by Crippen LogP contribution is 2.29. The number of hydrazine groups is 1. The molecule has 0 amide bonds. The topological polar surface area (TPSA) is 91.0 Å². The Labute approximate surface area is 165 Å². The first-order valence-electron chi connectivity index (χ1n) is 8.48. The molecule has 4 rings (SSSR count). The van der Waals surface area contributed by atoms with Crippen LogP contribution >= 0.6 is 11.8 Å². The molecule has 2 aliphatic rings. The third-order valence-corrected chi connectivity index (χ3v) is 4.80. The number of rotatable bonds is 3. The minimum atomic E-state index is -0.502. The van der Waals surface area contributed by atoms with Crippen LogP contribution in [0, 0.1) is 6.92 Å². The van der Waals surface area contributed by atoms with E-state index < -0.39 is 5.97 Å². The summed E-state index contributed by atoms with van der Waals surface area (Å²) in [6.07, 6.45) is 1.65. The van der Waals surface area contributed by atoms with Gasteiger partial charge in [0, 0.05) is 5.75 Å². The molecule has 2 heterocycles. The maximum Gasteiger partial charge on any atom is 0.378 e. The van der Waals surface area contributed by atoms with Crippen molar-refractivity contribution in [2.45, 2.75) is 6.92 Å². The van der Waals surface area contributed by atoms with Gasteiger partial charge in [-0.3, -0.25) is 0 Å². The van der Waals surface area contributed by atoms with E-state index in [2.05, 4.69) is 26.0 Å². The molecule has 1 fully saturated rings. The highest BCUT2D eigenvalue weighted by molar-refractivity contribution is 8.14. The molecule has 0 radical (unpaired) electrons. The van der Waals surface area contributed by atoms with Crippen LogP contribution in [0.4, 0.5) is 5.69 Å². The summed E-state index contributed by atoms with van der Waals surface area (Å²) in [7, 11) is 0. The van der Waals surface area contributed by atoms with Gasteiger partial charge in [-0.25, -0.2) is 9.80 Å². The van der Waals surface area contributed by atoms with Crippen molar-refractivity contribution in [2.24, 2.45) is 20.4 Å². The lowest BCUT2D eigenvalue weighted by atomic mass is 10.2. The Morgan fingerprint density at radius 3 is 2.64 bits per heavy atom. The van der Waals surface area contributed by atoms with E-state index in [1.165, 1.54) is 11.8 Å². The minimum Gasteiger partial charge on any atom is -0.345 e. The summed E-state index contributed by atoms with van der Waals surface area (Å²) in [4.78, 5) is 17.2.